The Labute approximate surface area is 91.6 Å². The number of rotatable bonds is 2. The molecule has 1 N–H and O–H groups in total. The van der Waals surface area contributed by atoms with Gasteiger partial charge in [0.25, 0.3) is 0 Å². The zero-order valence-corrected chi connectivity index (χ0v) is 9.71. The van der Waals surface area contributed by atoms with Crippen LogP contribution < -0.4 is 10.1 Å². The second kappa shape index (κ2) is 4.13. The molecule has 82 valence electrons. The van der Waals surface area contributed by atoms with Crippen LogP contribution in [0.5, 0.6) is 5.75 Å². The monoisotopic (exact) mass is 205 g/mol. The molecule has 0 bridgehead atoms. The van der Waals surface area contributed by atoms with E-state index in [0.29, 0.717) is 12.0 Å². The van der Waals surface area contributed by atoms with Crippen molar-refractivity contribution in [2.75, 3.05) is 11.9 Å². The summed E-state index contributed by atoms with van der Waals surface area (Å²) in [5.74, 6) is 1.57. The molecule has 1 aliphatic rings. The molecule has 0 saturated carbocycles. The van der Waals surface area contributed by atoms with E-state index in [-0.39, 0.29) is 0 Å². The van der Waals surface area contributed by atoms with E-state index in [9.17, 15) is 0 Å². The van der Waals surface area contributed by atoms with E-state index in [4.69, 9.17) is 4.74 Å². The minimum absolute atomic E-state index is 0.317. The maximum Gasteiger partial charge on any atom is 0.146 e. The van der Waals surface area contributed by atoms with Gasteiger partial charge in [-0.1, -0.05) is 32.9 Å². The number of anilines is 1. The molecule has 1 aliphatic heterocycles. The van der Waals surface area contributed by atoms with Crippen LogP contribution in [0.3, 0.4) is 0 Å². The van der Waals surface area contributed by atoms with Gasteiger partial charge in [0.15, 0.2) is 0 Å². The lowest BCUT2D eigenvalue weighted by Crippen LogP contribution is -2.30. The van der Waals surface area contributed by atoms with Crippen molar-refractivity contribution >= 4 is 5.69 Å². The molecule has 2 nitrogen and oxygen atoms in total. The van der Waals surface area contributed by atoms with Gasteiger partial charge >= 0.3 is 0 Å². The number of hydrogen-bond donors (Lipinski definition) is 1. The molecule has 0 saturated heterocycles. The summed E-state index contributed by atoms with van der Waals surface area (Å²) in [6, 6.07) is 6.34. The normalized spacial score (nSPS) is 19.3. The first-order valence-corrected chi connectivity index (χ1v) is 5.75. The third kappa shape index (κ3) is 1.94. The van der Waals surface area contributed by atoms with Crippen molar-refractivity contribution in [2.45, 2.75) is 39.2 Å². The first kappa shape index (κ1) is 10.3. The Morgan fingerprint density at radius 2 is 2.27 bits per heavy atom. The van der Waals surface area contributed by atoms with Gasteiger partial charge in [0, 0.05) is 0 Å². The van der Waals surface area contributed by atoms with Gasteiger partial charge in [0.2, 0.25) is 0 Å². The van der Waals surface area contributed by atoms with Crippen molar-refractivity contribution in [1.29, 1.82) is 0 Å². The first-order chi connectivity index (χ1) is 7.22. The van der Waals surface area contributed by atoms with Crippen LogP contribution in [0.25, 0.3) is 0 Å². The molecule has 0 amide bonds. The van der Waals surface area contributed by atoms with Crippen LogP contribution in [0, 0.1) is 0 Å². The van der Waals surface area contributed by atoms with Crippen molar-refractivity contribution in [3.8, 4) is 5.75 Å². The second-order valence-electron chi connectivity index (χ2n) is 4.41. The molecule has 1 aromatic carbocycles. The van der Waals surface area contributed by atoms with Gasteiger partial charge in [-0.3, -0.25) is 0 Å². The highest BCUT2D eigenvalue weighted by atomic mass is 16.5. The number of ether oxygens (including phenoxy) is 1. The number of fused-ring (bicyclic) bond motifs is 1. The van der Waals surface area contributed by atoms with Gasteiger partial charge < -0.3 is 10.1 Å². The van der Waals surface area contributed by atoms with Crippen LogP contribution in [-0.2, 0) is 0 Å². The molecule has 2 rings (SSSR count). The summed E-state index contributed by atoms with van der Waals surface area (Å²) in [7, 11) is 0. The van der Waals surface area contributed by atoms with E-state index in [1.807, 2.05) is 0 Å². The number of para-hydroxylation sites is 1. The van der Waals surface area contributed by atoms with E-state index in [0.717, 1.165) is 24.4 Å². The SMILES string of the molecule is CCC1CNc2cccc(C(C)C)c2O1. The third-order valence-corrected chi connectivity index (χ3v) is 2.93. The van der Waals surface area contributed by atoms with Gasteiger partial charge in [-0.2, -0.15) is 0 Å². The topological polar surface area (TPSA) is 21.3 Å². The zero-order valence-electron chi connectivity index (χ0n) is 9.71. The van der Waals surface area contributed by atoms with Crippen LogP contribution in [0.2, 0.25) is 0 Å². The molecular weight excluding hydrogens is 186 g/mol. The Kier molecular flexibility index (Phi) is 2.85. The predicted octanol–water partition coefficient (Wildman–Crippen LogP) is 3.39. The van der Waals surface area contributed by atoms with Crippen LogP contribution in [0.1, 0.15) is 38.7 Å². The highest BCUT2D eigenvalue weighted by Crippen LogP contribution is 2.37. The van der Waals surface area contributed by atoms with E-state index >= 15 is 0 Å². The molecule has 0 aliphatic carbocycles. The number of benzene rings is 1. The molecular formula is C13H19NO. The lowest BCUT2D eigenvalue weighted by atomic mass is 10.00. The van der Waals surface area contributed by atoms with Gasteiger partial charge in [-0.25, -0.2) is 0 Å². The van der Waals surface area contributed by atoms with Crippen molar-refractivity contribution in [3.05, 3.63) is 23.8 Å². The minimum atomic E-state index is 0.317. The standard InChI is InChI=1S/C13H19NO/c1-4-10-8-14-12-7-5-6-11(9(2)3)13(12)15-10/h5-7,9-10,14H,4,8H2,1-3H3. The van der Waals surface area contributed by atoms with E-state index < -0.39 is 0 Å². The first-order valence-electron chi connectivity index (χ1n) is 5.75. The minimum Gasteiger partial charge on any atom is -0.486 e. The molecule has 15 heavy (non-hydrogen) atoms. The predicted molar refractivity (Wildman–Crippen MR) is 63.7 cm³/mol. The maximum atomic E-state index is 6.01. The van der Waals surface area contributed by atoms with Gasteiger partial charge in [0.05, 0.1) is 12.2 Å². The molecule has 1 unspecified atom stereocenters. The quantitative estimate of drug-likeness (QED) is 0.799. The Hall–Kier alpha value is -1.18. The Balaban J connectivity index is 2.36. The van der Waals surface area contributed by atoms with Crippen LogP contribution in [0.4, 0.5) is 5.69 Å². The van der Waals surface area contributed by atoms with Gasteiger partial charge in [0.1, 0.15) is 11.9 Å². The summed E-state index contributed by atoms with van der Waals surface area (Å²) in [4.78, 5) is 0. The molecule has 0 spiro atoms. The van der Waals surface area contributed by atoms with Crippen LogP contribution >= 0.6 is 0 Å². The molecule has 0 fully saturated rings. The van der Waals surface area contributed by atoms with E-state index in [2.05, 4.69) is 44.3 Å². The van der Waals surface area contributed by atoms with Crippen molar-refractivity contribution < 1.29 is 4.74 Å². The Morgan fingerprint density at radius 1 is 1.47 bits per heavy atom. The lowest BCUT2D eigenvalue weighted by Gasteiger charge is -2.29. The fourth-order valence-corrected chi connectivity index (χ4v) is 1.94. The fourth-order valence-electron chi connectivity index (χ4n) is 1.94. The number of hydrogen-bond acceptors (Lipinski definition) is 2. The van der Waals surface area contributed by atoms with Crippen molar-refractivity contribution in [3.63, 3.8) is 0 Å². The average molecular weight is 205 g/mol. The van der Waals surface area contributed by atoms with Crippen molar-refractivity contribution in [1.82, 2.24) is 0 Å². The largest absolute Gasteiger partial charge is 0.486 e. The van der Waals surface area contributed by atoms with Gasteiger partial charge in [-0.05, 0) is 24.0 Å². The summed E-state index contributed by atoms with van der Waals surface area (Å²) in [6.07, 6.45) is 1.37. The Bertz CT molecular complexity index is 346. The fraction of sp³-hybridized carbons (Fsp3) is 0.538. The highest BCUT2D eigenvalue weighted by Gasteiger charge is 2.21. The molecule has 1 atom stereocenters. The lowest BCUT2D eigenvalue weighted by molar-refractivity contribution is 0.199. The van der Waals surface area contributed by atoms with Crippen molar-refractivity contribution in [2.24, 2.45) is 0 Å². The summed E-state index contributed by atoms with van der Waals surface area (Å²) in [5, 5.41) is 3.43. The molecule has 2 heteroatoms. The van der Waals surface area contributed by atoms with Crippen LogP contribution in [0.15, 0.2) is 18.2 Å². The van der Waals surface area contributed by atoms with E-state index in [1.54, 1.807) is 0 Å². The smallest absolute Gasteiger partial charge is 0.146 e. The molecule has 1 aromatic rings. The third-order valence-electron chi connectivity index (χ3n) is 2.93. The van der Waals surface area contributed by atoms with Crippen LogP contribution in [-0.4, -0.2) is 12.6 Å². The van der Waals surface area contributed by atoms with Gasteiger partial charge in [-0.15, -0.1) is 0 Å². The molecule has 1 heterocycles. The number of nitrogens with one attached hydrogen (secondary N) is 1. The van der Waals surface area contributed by atoms with E-state index in [1.165, 1.54) is 5.56 Å². The molecule has 0 aromatic heterocycles. The summed E-state index contributed by atoms with van der Waals surface area (Å²) >= 11 is 0. The summed E-state index contributed by atoms with van der Waals surface area (Å²) < 4.78 is 6.01. The Morgan fingerprint density at radius 3 is 2.93 bits per heavy atom. The summed E-state index contributed by atoms with van der Waals surface area (Å²) in [6.45, 7) is 7.49. The maximum absolute atomic E-state index is 6.01. The average Bonchev–Trinajstić information content (AvgIpc) is 2.27. The molecule has 0 radical (unpaired) electrons. The second-order valence-corrected chi connectivity index (χ2v) is 4.41. The summed E-state index contributed by atoms with van der Waals surface area (Å²) in [5.41, 5.74) is 2.45. The zero-order chi connectivity index (χ0) is 10.8. The highest BCUT2D eigenvalue weighted by molar-refractivity contribution is 5.62.